The van der Waals surface area contributed by atoms with Crippen molar-refractivity contribution in [2.24, 2.45) is 5.10 Å². The van der Waals surface area contributed by atoms with Crippen LogP contribution >= 0.6 is 24.8 Å². The molecule has 0 N–H and O–H groups in total. The second-order valence-electron chi connectivity index (χ2n) is 2.07. The summed E-state index contributed by atoms with van der Waals surface area (Å²) >= 11 is 8.70. The van der Waals surface area contributed by atoms with Crippen molar-refractivity contribution in [2.45, 2.75) is 0 Å². The Morgan fingerprint density at radius 3 is 3.08 bits per heavy atom. The first-order chi connectivity index (χ1) is 5.70. The molecule has 0 radical (unpaired) electrons. The lowest BCUT2D eigenvalue weighted by atomic mass is 10.5. The Morgan fingerprint density at radius 2 is 2.58 bits per heavy atom. The SMILES string of the molecule is CN(N=Cc1ccco1)C(=S)S. The number of hydrogen-bond acceptors (Lipinski definition) is 3. The topological polar surface area (TPSA) is 28.7 Å². The Bertz CT molecular complexity index is 282. The second-order valence-corrected chi connectivity index (χ2v) is 3.18. The molecule has 0 saturated heterocycles. The van der Waals surface area contributed by atoms with Gasteiger partial charge < -0.3 is 4.42 Å². The van der Waals surface area contributed by atoms with Gasteiger partial charge in [-0.1, -0.05) is 12.2 Å². The summed E-state index contributed by atoms with van der Waals surface area (Å²) in [5, 5.41) is 5.44. The lowest BCUT2D eigenvalue weighted by Crippen LogP contribution is -2.13. The van der Waals surface area contributed by atoms with Crippen LogP contribution in [-0.4, -0.2) is 22.6 Å². The van der Waals surface area contributed by atoms with Crippen LogP contribution in [0.25, 0.3) is 0 Å². The molecule has 0 bridgehead atoms. The smallest absolute Gasteiger partial charge is 0.153 e. The van der Waals surface area contributed by atoms with Gasteiger partial charge in [-0.3, -0.25) is 5.01 Å². The van der Waals surface area contributed by atoms with Crippen LogP contribution in [0.3, 0.4) is 0 Å². The minimum absolute atomic E-state index is 0.415. The zero-order valence-electron chi connectivity index (χ0n) is 6.47. The molecular formula is C7H8N2OS2. The average molecular weight is 200 g/mol. The van der Waals surface area contributed by atoms with E-state index in [0.29, 0.717) is 10.1 Å². The summed E-state index contributed by atoms with van der Waals surface area (Å²) in [5.41, 5.74) is 0. The van der Waals surface area contributed by atoms with Crippen molar-refractivity contribution in [2.75, 3.05) is 7.05 Å². The van der Waals surface area contributed by atoms with Crippen LogP contribution in [0.4, 0.5) is 0 Å². The maximum Gasteiger partial charge on any atom is 0.153 e. The molecule has 12 heavy (non-hydrogen) atoms. The van der Waals surface area contributed by atoms with Gasteiger partial charge in [-0.25, -0.2) is 0 Å². The summed E-state index contributed by atoms with van der Waals surface area (Å²) in [6.07, 6.45) is 3.16. The maximum atomic E-state index is 5.02. The van der Waals surface area contributed by atoms with Crippen molar-refractivity contribution >= 4 is 35.4 Å². The normalized spacial score (nSPS) is 10.5. The predicted molar refractivity (Wildman–Crippen MR) is 55.6 cm³/mol. The summed E-state index contributed by atoms with van der Waals surface area (Å²) in [6.45, 7) is 0. The quantitative estimate of drug-likeness (QED) is 0.341. The molecule has 1 heterocycles. The van der Waals surface area contributed by atoms with E-state index in [1.165, 1.54) is 5.01 Å². The van der Waals surface area contributed by atoms with Crippen LogP contribution in [0, 0.1) is 0 Å². The molecule has 1 aromatic heterocycles. The van der Waals surface area contributed by atoms with Gasteiger partial charge in [0.2, 0.25) is 0 Å². The van der Waals surface area contributed by atoms with Gasteiger partial charge in [0.05, 0.1) is 12.5 Å². The van der Waals surface area contributed by atoms with Crippen molar-refractivity contribution in [1.82, 2.24) is 5.01 Å². The van der Waals surface area contributed by atoms with Gasteiger partial charge >= 0.3 is 0 Å². The maximum absolute atomic E-state index is 5.02. The Hall–Kier alpha value is -0.810. The molecule has 0 aromatic carbocycles. The van der Waals surface area contributed by atoms with Crippen molar-refractivity contribution < 1.29 is 4.42 Å². The van der Waals surface area contributed by atoms with Crippen molar-refractivity contribution in [1.29, 1.82) is 0 Å². The summed E-state index contributed by atoms with van der Waals surface area (Å²) in [4.78, 5) is 0. The van der Waals surface area contributed by atoms with Gasteiger partial charge in [0, 0.05) is 7.05 Å². The number of hydrazone groups is 1. The molecule has 0 aliphatic heterocycles. The molecule has 0 spiro atoms. The van der Waals surface area contributed by atoms with Gasteiger partial charge in [0.1, 0.15) is 5.76 Å². The fraction of sp³-hybridized carbons (Fsp3) is 0.143. The third kappa shape index (κ3) is 2.67. The average Bonchev–Trinajstić information content (AvgIpc) is 2.51. The van der Waals surface area contributed by atoms with Gasteiger partial charge in [-0.05, 0) is 12.1 Å². The van der Waals surface area contributed by atoms with Gasteiger partial charge in [-0.2, -0.15) is 5.10 Å². The van der Waals surface area contributed by atoms with E-state index in [1.54, 1.807) is 31.7 Å². The van der Waals surface area contributed by atoms with E-state index in [4.69, 9.17) is 16.6 Å². The van der Waals surface area contributed by atoms with Crippen LogP contribution in [-0.2, 0) is 0 Å². The van der Waals surface area contributed by atoms with Crippen molar-refractivity contribution in [3.05, 3.63) is 24.2 Å². The highest BCUT2D eigenvalue weighted by molar-refractivity contribution is 8.10. The lowest BCUT2D eigenvalue weighted by Gasteiger charge is -2.06. The third-order valence-corrected chi connectivity index (χ3v) is 1.73. The van der Waals surface area contributed by atoms with Crippen LogP contribution in [0.5, 0.6) is 0 Å². The summed E-state index contributed by atoms with van der Waals surface area (Å²) in [7, 11) is 1.72. The van der Waals surface area contributed by atoms with Gasteiger partial charge in [0.25, 0.3) is 0 Å². The van der Waals surface area contributed by atoms with E-state index in [2.05, 4.69) is 17.7 Å². The van der Waals surface area contributed by atoms with Crippen molar-refractivity contribution in [3.63, 3.8) is 0 Å². The standard InChI is InChI=1S/C7H8N2OS2/c1-9(7(11)12)8-5-6-3-2-4-10-6/h2-5H,1H3,(H,11,12). The minimum Gasteiger partial charge on any atom is -0.463 e. The summed E-state index contributed by atoms with van der Waals surface area (Å²) in [5.74, 6) is 0.687. The molecule has 3 nitrogen and oxygen atoms in total. The Morgan fingerprint density at radius 1 is 1.83 bits per heavy atom. The number of thiol groups is 1. The molecule has 0 fully saturated rings. The Kier molecular flexibility index (Phi) is 3.31. The Balaban J connectivity index is 2.56. The largest absolute Gasteiger partial charge is 0.463 e. The van der Waals surface area contributed by atoms with Crippen molar-refractivity contribution in [3.8, 4) is 0 Å². The third-order valence-electron chi connectivity index (χ3n) is 1.18. The molecule has 0 atom stereocenters. The summed E-state index contributed by atoms with van der Waals surface area (Å²) < 4.78 is 5.43. The fourth-order valence-corrected chi connectivity index (χ4v) is 0.656. The number of hydrogen-bond donors (Lipinski definition) is 1. The summed E-state index contributed by atoms with van der Waals surface area (Å²) in [6, 6.07) is 3.60. The molecule has 5 heteroatoms. The second kappa shape index (κ2) is 4.27. The molecule has 0 amide bonds. The zero-order valence-corrected chi connectivity index (χ0v) is 8.18. The molecule has 0 unspecified atom stereocenters. The highest BCUT2D eigenvalue weighted by Crippen LogP contribution is 1.97. The van der Waals surface area contributed by atoms with E-state index in [0.717, 1.165) is 0 Å². The molecule has 0 saturated carbocycles. The molecule has 0 aliphatic rings. The monoisotopic (exact) mass is 200 g/mol. The number of furan rings is 1. The van der Waals surface area contributed by atoms with E-state index in [-0.39, 0.29) is 0 Å². The highest BCUT2D eigenvalue weighted by atomic mass is 32.1. The number of rotatable bonds is 2. The van der Waals surface area contributed by atoms with Crippen LogP contribution in [0.1, 0.15) is 5.76 Å². The fourth-order valence-electron chi connectivity index (χ4n) is 0.558. The lowest BCUT2D eigenvalue weighted by molar-refractivity contribution is 0.544. The first-order valence-corrected chi connectivity index (χ1v) is 4.10. The van der Waals surface area contributed by atoms with Gasteiger partial charge in [0.15, 0.2) is 4.32 Å². The molecule has 0 aliphatic carbocycles. The highest BCUT2D eigenvalue weighted by Gasteiger charge is 1.94. The van der Waals surface area contributed by atoms with Crippen LogP contribution in [0.2, 0.25) is 0 Å². The first-order valence-electron chi connectivity index (χ1n) is 3.24. The van der Waals surface area contributed by atoms with Gasteiger partial charge in [-0.15, -0.1) is 12.6 Å². The number of nitrogens with zero attached hydrogens (tertiary/aromatic N) is 2. The Labute approximate surface area is 81.5 Å². The minimum atomic E-state index is 0.415. The zero-order chi connectivity index (χ0) is 8.97. The predicted octanol–water partition coefficient (Wildman–Crippen LogP) is 1.76. The first kappa shape index (κ1) is 9.28. The number of thiocarbonyl (C=S) groups is 1. The molecular weight excluding hydrogens is 192 g/mol. The van der Waals surface area contributed by atoms with E-state index >= 15 is 0 Å². The molecule has 1 rings (SSSR count). The van der Waals surface area contributed by atoms with Crippen LogP contribution in [0.15, 0.2) is 27.9 Å². The van der Waals surface area contributed by atoms with E-state index in [1.807, 2.05) is 0 Å². The molecule has 1 aromatic rings. The van der Waals surface area contributed by atoms with E-state index < -0.39 is 0 Å². The van der Waals surface area contributed by atoms with E-state index in [9.17, 15) is 0 Å². The van der Waals surface area contributed by atoms with Crippen LogP contribution < -0.4 is 0 Å². The molecule has 64 valence electrons.